The van der Waals surface area contributed by atoms with Crippen LogP contribution in [0.25, 0.3) is 16.6 Å². The van der Waals surface area contributed by atoms with Gasteiger partial charge in [0.25, 0.3) is 5.91 Å². The molecule has 1 amide bonds. The van der Waals surface area contributed by atoms with Crippen molar-refractivity contribution >= 4 is 28.1 Å². The number of fused-ring (bicyclic) bond motifs is 2. The van der Waals surface area contributed by atoms with Gasteiger partial charge in [0, 0.05) is 16.8 Å². The van der Waals surface area contributed by atoms with Gasteiger partial charge in [0.15, 0.2) is 5.65 Å². The molecule has 0 atom stereocenters. The second-order valence-electron chi connectivity index (χ2n) is 5.87. The minimum atomic E-state index is -0.152. The Bertz CT molecular complexity index is 1090. The normalized spacial score (nSPS) is 11.3. The van der Waals surface area contributed by atoms with E-state index in [1.807, 2.05) is 49.4 Å². The number of benzene rings is 1. The van der Waals surface area contributed by atoms with E-state index in [1.165, 1.54) is 0 Å². The monoisotopic (exact) mass is 320 g/mol. The summed E-state index contributed by atoms with van der Waals surface area (Å²) in [5.74, 6) is -0.152. The Morgan fingerprint density at radius 3 is 2.88 bits per heavy atom. The van der Waals surface area contributed by atoms with Crippen molar-refractivity contribution in [3.05, 3.63) is 53.1 Å². The number of hydrogen-bond donors (Lipinski definition) is 2. The lowest BCUT2D eigenvalue weighted by Gasteiger charge is -2.12. The summed E-state index contributed by atoms with van der Waals surface area (Å²) >= 11 is 0. The Balaban J connectivity index is 1.74. The highest BCUT2D eigenvalue weighted by Gasteiger charge is 2.16. The van der Waals surface area contributed by atoms with Gasteiger partial charge in [-0.25, -0.2) is 0 Å². The summed E-state index contributed by atoms with van der Waals surface area (Å²) < 4.78 is 1.81. The quantitative estimate of drug-likeness (QED) is 0.594. The summed E-state index contributed by atoms with van der Waals surface area (Å²) in [7, 11) is 0. The van der Waals surface area contributed by atoms with Crippen molar-refractivity contribution in [2.24, 2.45) is 0 Å². The molecular formula is C17H16N6O. The number of amides is 1. The first kappa shape index (κ1) is 14.4. The second-order valence-corrected chi connectivity index (χ2v) is 5.87. The summed E-state index contributed by atoms with van der Waals surface area (Å²) in [6.45, 7) is 5.72. The van der Waals surface area contributed by atoms with Crippen LogP contribution in [0.3, 0.4) is 0 Å². The second kappa shape index (κ2) is 5.16. The van der Waals surface area contributed by atoms with Gasteiger partial charge in [-0.1, -0.05) is 0 Å². The Kier molecular flexibility index (Phi) is 3.09. The molecule has 0 aliphatic rings. The lowest BCUT2D eigenvalue weighted by Crippen LogP contribution is -2.16. The molecule has 7 nitrogen and oxygen atoms in total. The number of aromatic amines is 1. The SMILES string of the molecule is Cc1cc2nncn2c(C)c1C(=O)Nc1ccc2[nH]nc(C)c2c1. The molecule has 3 aromatic heterocycles. The van der Waals surface area contributed by atoms with Crippen LogP contribution in [0.1, 0.15) is 27.3 Å². The zero-order chi connectivity index (χ0) is 16.8. The lowest BCUT2D eigenvalue weighted by atomic mass is 10.1. The maximum absolute atomic E-state index is 12.8. The average Bonchev–Trinajstić information content (AvgIpc) is 3.15. The molecule has 0 saturated carbocycles. The summed E-state index contributed by atoms with van der Waals surface area (Å²) in [5.41, 5.74) is 5.63. The molecule has 0 radical (unpaired) electrons. The molecule has 24 heavy (non-hydrogen) atoms. The molecule has 4 aromatic rings. The minimum absolute atomic E-state index is 0.152. The first-order valence-corrected chi connectivity index (χ1v) is 7.60. The zero-order valence-corrected chi connectivity index (χ0v) is 13.6. The molecule has 120 valence electrons. The van der Waals surface area contributed by atoms with Crippen LogP contribution in [-0.4, -0.2) is 30.7 Å². The van der Waals surface area contributed by atoms with Crippen LogP contribution >= 0.6 is 0 Å². The number of H-pyrrole nitrogens is 1. The van der Waals surface area contributed by atoms with E-state index in [-0.39, 0.29) is 5.91 Å². The van der Waals surface area contributed by atoms with Crippen molar-refractivity contribution in [1.82, 2.24) is 24.8 Å². The number of pyridine rings is 1. The predicted molar refractivity (Wildman–Crippen MR) is 91.2 cm³/mol. The highest BCUT2D eigenvalue weighted by molar-refractivity contribution is 6.07. The van der Waals surface area contributed by atoms with Gasteiger partial charge in [-0.15, -0.1) is 10.2 Å². The van der Waals surface area contributed by atoms with Crippen LogP contribution in [0.4, 0.5) is 5.69 Å². The van der Waals surface area contributed by atoms with E-state index in [2.05, 4.69) is 25.7 Å². The van der Waals surface area contributed by atoms with Gasteiger partial charge < -0.3 is 5.32 Å². The van der Waals surface area contributed by atoms with E-state index in [0.29, 0.717) is 5.56 Å². The van der Waals surface area contributed by atoms with Crippen molar-refractivity contribution in [3.63, 3.8) is 0 Å². The molecule has 4 rings (SSSR count). The minimum Gasteiger partial charge on any atom is -0.322 e. The highest BCUT2D eigenvalue weighted by Crippen LogP contribution is 2.22. The Morgan fingerprint density at radius 1 is 1.21 bits per heavy atom. The van der Waals surface area contributed by atoms with Crippen LogP contribution in [0.15, 0.2) is 30.6 Å². The molecule has 0 spiro atoms. The number of nitrogens with one attached hydrogen (secondary N) is 2. The van der Waals surface area contributed by atoms with Gasteiger partial charge in [0.1, 0.15) is 6.33 Å². The summed E-state index contributed by atoms with van der Waals surface area (Å²) in [5, 5.41) is 19.0. The van der Waals surface area contributed by atoms with Crippen molar-refractivity contribution in [3.8, 4) is 0 Å². The number of nitrogens with zero attached hydrogens (tertiary/aromatic N) is 4. The van der Waals surface area contributed by atoms with Gasteiger partial charge >= 0.3 is 0 Å². The number of aryl methyl sites for hydroxylation is 3. The number of carbonyl (C=O) groups is 1. The van der Waals surface area contributed by atoms with Gasteiger partial charge in [-0.3, -0.25) is 14.3 Å². The third-order valence-electron chi connectivity index (χ3n) is 4.28. The summed E-state index contributed by atoms with van der Waals surface area (Å²) in [4.78, 5) is 12.8. The van der Waals surface area contributed by atoms with Gasteiger partial charge in [0.2, 0.25) is 0 Å². The van der Waals surface area contributed by atoms with E-state index in [4.69, 9.17) is 0 Å². The van der Waals surface area contributed by atoms with Crippen molar-refractivity contribution in [2.75, 3.05) is 5.32 Å². The molecular weight excluding hydrogens is 304 g/mol. The first-order valence-electron chi connectivity index (χ1n) is 7.60. The van der Waals surface area contributed by atoms with Crippen molar-refractivity contribution in [2.45, 2.75) is 20.8 Å². The van der Waals surface area contributed by atoms with Crippen LogP contribution in [0.2, 0.25) is 0 Å². The molecule has 0 aliphatic carbocycles. The Morgan fingerprint density at radius 2 is 2.04 bits per heavy atom. The Hall–Kier alpha value is -3.22. The van der Waals surface area contributed by atoms with Gasteiger partial charge in [0.05, 0.1) is 16.8 Å². The molecule has 7 heteroatoms. The van der Waals surface area contributed by atoms with Gasteiger partial charge in [-0.2, -0.15) is 5.10 Å². The van der Waals surface area contributed by atoms with Crippen LogP contribution in [0.5, 0.6) is 0 Å². The van der Waals surface area contributed by atoms with Crippen LogP contribution in [0, 0.1) is 20.8 Å². The number of aromatic nitrogens is 5. The predicted octanol–water partition coefficient (Wildman–Crippen LogP) is 2.78. The zero-order valence-electron chi connectivity index (χ0n) is 13.6. The summed E-state index contributed by atoms with van der Waals surface area (Å²) in [6, 6.07) is 7.56. The largest absolute Gasteiger partial charge is 0.322 e. The number of anilines is 1. The molecule has 0 bridgehead atoms. The molecule has 2 N–H and O–H groups in total. The molecule has 0 fully saturated rings. The van der Waals surface area contributed by atoms with E-state index in [1.54, 1.807) is 6.33 Å². The fraction of sp³-hybridized carbons (Fsp3) is 0.176. The van der Waals surface area contributed by atoms with E-state index in [9.17, 15) is 4.79 Å². The maximum Gasteiger partial charge on any atom is 0.257 e. The van der Waals surface area contributed by atoms with Crippen LogP contribution in [-0.2, 0) is 0 Å². The summed E-state index contributed by atoms with van der Waals surface area (Å²) in [6.07, 6.45) is 1.61. The molecule has 1 aromatic carbocycles. The first-order chi connectivity index (χ1) is 11.5. The fourth-order valence-corrected chi connectivity index (χ4v) is 3.03. The van der Waals surface area contributed by atoms with E-state index >= 15 is 0 Å². The standard InChI is InChI=1S/C17H16N6O/c1-9-6-15-22-18-8-23(15)11(3)16(9)17(24)19-12-4-5-14-13(7-12)10(2)20-21-14/h4-8H,1-3H3,(H,19,24)(H,20,21). The molecule has 0 unspecified atom stereocenters. The number of rotatable bonds is 2. The third-order valence-corrected chi connectivity index (χ3v) is 4.28. The lowest BCUT2D eigenvalue weighted by molar-refractivity contribution is 0.102. The van der Waals surface area contributed by atoms with E-state index < -0.39 is 0 Å². The molecule has 0 aliphatic heterocycles. The molecule has 0 saturated heterocycles. The number of carbonyl (C=O) groups excluding carboxylic acids is 1. The Labute approximate surface area is 137 Å². The van der Waals surface area contributed by atoms with Crippen LogP contribution < -0.4 is 5.32 Å². The average molecular weight is 320 g/mol. The van der Waals surface area contributed by atoms with Crippen molar-refractivity contribution < 1.29 is 4.79 Å². The number of hydrogen-bond acceptors (Lipinski definition) is 4. The van der Waals surface area contributed by atoms with Gasteiger partial charge in [-0.05, 0) is 50.6 Å². The van der Waals surface area contributed by atoms with Crippen molar-refractivity contribution in [1.29, 1.82) is 0 Å². The maximum atomic E-state index is 12.8. The van der Waals surface area contributed by atoms with E-state index in [0.717, 1.165) is 39.2 Å². The third kappa shape index (κ3) is 2.13. The fourth-order valence-electron chi connectivity index (χ4n) is 3.03. The molecule has 3 heterocycles. The smallest absolute Gasteiger partial charge is 0.257 e. The highest BCUT2D eigenvalue weighted by atomic mass is 16.1. The topological polar surface area (TPSA) is 88.0 Å².